The molecule has 0 bridgehead atoms. The van der Waals surface area contributed by atoms with Crippen LogP contribution in [-0.2, 0) is 9.59 Å². The second-order valence-corrected chi connectivity index (χ2v) is 11.7. The van der Waals surface area contributed by atoms with Gasteiger partial charge in [0.05, 0.1) is 6.07 Å². The van der Waals surface area contributed by atoms with Gasteiger partial charge in [-0.2, -0.15) is 5.26 Å². The molecule has 1 aromatic heterocycles. The van der Waals surface area contributed by atoms with Gasteiger partial charge in [0.15, 0.2) is 5.78 Å². The summed E-state index contributed by atoms with van der Waals surface area (Å²) in [6.45, 7) is 4.31. The van der Waals surface area contributed by atoms with Crippen molar-refractivity contribution in [2.24, 2.45) is 23.2 Å². The molecule has 4 rings (SSSR count). The lowest BCUT2D eigenvalue weighted by Gasteiger charge is -2.43. The third-order valence-electron chi connectivity index (χ3n) is 8.63. The van der Waals surface area contributed by atoms with Crippen LogP contribution in [0.25, 0.3) is 11.8 Å². The van der Waals surface area contributed by atoms with Crippen LogP contribution < -0.4 is 10.6 Å². The Hall–Kier alpha value is -2.61. The zero-order valence-corrected chi connectivity index (χ0v) is 21.7. The van der Waals surface area contributed by atoms with Crippen LogP contribution in [0.4, 0.5) is 0 Å². The van der Waals surface area contributed by atoms with Gasteiger partial charge in [0.2, 0.25) is 5.78 Å². The van der Waals surface area contributed by atoms with E-state index in [1.807, 2.05) is 6.92 Å². The Labute approximate surface area is 210 Å². The number of hydrogen-bond acceptors (Lipinski definition) is 4. The molecule has 0 saturated heterocycles. The molecule has 35 heavy (non-hydrogen) atoms. The highest BCUT2D eigenvalue weighted by atomic mass is 16.2. The normalized spacial score (nSPS) is 30.2. The maximum Gasteiger partial charge on any atom is 0.201 e. The number of allylic oxidation sites excluding steroid dienone is 2. The molecule has 1 heterocycles. The molecule has 0 aliphatic heterocycles. The predicted molar refractivity (Wildman–Crippen MR) is 139 cm³/mol. The maximum absolute atomic E-state index is 12.4. The maximum atomic E-state index is 12.4. The van der Waals surface area contributed by atoms with Crippen molar-refractivity contribution in [2.45, 2.75) is 90.5 Å². The van der Waals surface area contributed by atoms with Gasteiger partial charge in [-0.1, -0.05) is 32.1 Å². The molecule has 2 saturated carbocycles. The van der Waals surface area contributed by atoms with Crippen molar-refractivity contribution < 1.29 is 9.59 Å². The zero-order valence-electron chi connectivity index (χ0n) is 21.7. The smallest absolute Gasteiger partial charge is 0.201 e. The number of nitriles is 1. The number of ketones is 2. The summed E-state index contributed by atoms with van der Waals surface area (Å²) in [5, 5.41) is 11.5. The predicted octanol–water partition coefficient (Wildman–Crippen LogP) is 4.63. The van der Waals surface area contributed by atoms with Crippen LogP contribution in [0.1, 0.15) is 84.5 Å². The third kappa shape index (κ3) is 5.97. The second-order valence-electron chi connectivity index (χ2n) is 11.7. The summed E-state index contributed by atoms with van der Waals surface area (Å²) < 4.78 is 0. The first-order chi connectivity index (χ1) is 16.8. The summed E-state index contributed by atoms with van der Waals surface area (Å²) in [7, 11) is 2.24. The molecule has 5 heteroatoms. The topological polar surface area (TPSA) is 77.0 Å². The average Bonchev–Trinajstić information content (AvgIpc) is 3.25. The SMILES string of the molecule is CC1C=CCCC(N(C)C2CC(CCCC(=O)C(=O)C3CC(C)(CC#N)C3)C2)=c2cc[nH]c2=CC1. The quantitative estimate of drug-likeness (QED) is 0.417. The lowest BCUT2D eigenvalue weighted by Crippen LogP contribution is -2.44. The average molecular weight is 476 g/mol. The third-order valence-corrected chi connectivity index (χ3v) is 8.63. The van der Waals surface area contributed by atoms with Crippen molar-refractivity contribution in [3.8, 4) is 6.07 Å². The van der Waals surface area contributed by atoms with Gasteiger partial charge in [-0.3, -0.25) is 9.59 Å². The van der Waals surface area contributed by atoms with Gasteiger partial charge in [0.1, 0.15) is 0 Å². The van der Waals surface area contributed by atoms with Crippen LogP contribution in [0, 0.1) is 34.5 Å². The van der Waals surface area contributed by atoms with E-state index in [-0.39, 0.29) is 22.9 Å². The zero-order chi connectivity index (χ0) is 25.0. The number of carbonyl (C=O) groups is 2. The Morgan fingerprint density at radius 2 is 2.06 bits per heavy atom. The lowest BCUT2D eigenvalue weighted by atomic mass is 9.60. The standard InChI is InChI=1S/C30H41N3O2/c1-21-7-4-5-9-27(25-13-16-32-26(25)12-11-21)33(3)24-17-22(18-24)8-6-10-28(34)29(35)23-19-30(2,20-23)14-15-31/h4,7,12-13,16,21-24,32H,5-6,8-11,14,17-20H2,1-3H3. The molecule has 5 nitrogen and oxygen atoms in total. The molecule has 0 amide bonds. The van der Waals surface area contributed by atoms with E-state index in [1.165, 1.54) is 16.3 Å². The van der Waals surface area contributed by atoms with E-state index in [4.69, 9.17) is 5.26 Å². The van der Waals surface area contributed by atoms with Gasteiger partial charge >= 0.3 is 0 Å². The van der Waals surface area contributed by atoms with Gasteiger partial charge in [0, 0.05) is 54.3 Å². The second kappa shape index (κ2) is 11.0. The number of Topliss-reactive ketones (excluding diaryl/α,β-unsaturated/α-hetero) is 2. The number of nitrogens with one attached hydrogen (secondary N) is 1. The van der Waals surface area contributed by atoms with Gasteiger partial charge in [-0.25, -0.2) is 0 Å². The van der Waals surface area contributed by atoms with E-state index in [0.29, 0.717) is 43.6 Å². The summed E-state index contributed by atoms with van der Waals surface area (Å²) >= 11 is 0. The first-order valence-corrected chi connectivity index (χ1v) is 13.5. The van der Waals surface area contributed by atoms with E-state index >= 15 is 0 Å². The van der Waals surface area contributed by atoms with Gasteiger partial charge in [0.25, 0.3) is 0 Å². The van der Waals surface area contributed by atoms with Crippen LogP contribution in [0.5, 0.6) is 0 Å². The number of fused-ring (bicyclic) bond motifs is 1. The minimum Gasteiger partial charge on any atom is -0.374 e. The van der Waals surface area contributed by atoms with Crippen LogP contribution in [0.3, 0.4) is 0 Å². The molecule has 3 aliphatic carbocycles. The number of aromatic nitrogens is 1. The molecule has 1 aromatic rings. The van der Waals surface area contributed by atoms with E-state index < -0.39 is 0 Å². The molecule has 0 spiro atoms. The summed E-state index contributed by atoms with van der Waals surface area (Å²) in [4.78, 5) is 30.8. The number of rotatable bonds is 9. The highest BCUT2D eigenvalue weighted by Gasteiger charge is 2.45. The summed E-state index contributed by atoms with van der Waals surface area (Å²) in [5.74, 6) is 0.674. The monoisotopic (exact) mass is 475 g/mol. The number of nitrogens with zero attached hydrogens (tertiary/aromatic N) is 2. The molecular weight excluding hydrogens is 434 g/mol. The Bertz CT molecular complexity index is 1110. The molecule has 188 valence electrons. The van der Waals surface area contributed by atoms with Crippen molar-refractivity contribution in [3.05, 3.63) is 35.0 Å². The van der Waals surface area contributed by atoms with E-state index in [9.17, 15) is 9.59 Å². The Morgan fingerprint density at radius 3 is 2.80 bits per heavy atom. The van der Waals surface area contributed by atoms with Crippen LogP contribution >= 0.6 is 0 Å². The van der Waals surface area contributed by atoms with Crippen molar-refractivity contribution in [1.82, 2.24) is 9.88 Å². The molecule has 3 aliphatic rings. The summed E-state index contributed by atoms with van der Waals surface area (Å²) in [6, 6.07) is 4.97. The molecular formula is C30H41N3O2. The van der Waals surface area contributed by atoms with Crippen LogP contribution in [0.2, 0.25) is 0 Å². The van der Waals surface area contributed by atoms with Crippen molar-refractivity contribution in [3.63, 3.8) is 0 Å². The minimum atomic E-state index is -0.197. The van der Waals surface area contributed by atoms with Gasteiger partial charge in [-0.15, -0.1) is 0 Å². The highest BCUT2D eigenvalue weighted by molar-refractivity contribution is 6.38. The van der Waals surface area contributed by atoms with Crippen molar-refractivity contribution >= 4 is 23.3 Å². The fourth-order valence-electron chi connectivity index (χ4n) is 6.26. The molecule has 1 N–H and O–H groups in total. The van der Waals surface area contributed by atoms with Gasteiger partial charge < -0.3 is 9.88 Å². The summed E-state index contributed by atoms with van der Waals surface area (Å²) in [6.07, 6.45) is 18.6. The van der Waals surface area contributed by atoms with Crippen LogP contribution in [-0.4, -0.2) is 34.5 Å². The largest absolute Gasteiger partial charge is 0.374 e. The van der Waals surface area contributed by atoms with E-state index in [0.717, 1.165) is 44.9 Å². The molecule has 2 fully saturated rings. The Kier molecular flexibility index (Phi) is 7.99. The molecule has 1 unspecified atom stereocenters. The highest BCUT2D eigenvalue weighted by Crippen LogP contribution is 2.48. The number of H-pyrrole nitrogens is 1. The first kappa shape index (κ1) is 25.5. The number of aromatic amines is 1. The molecule has 0 radical (unpaired) electrons. The molecule has 1 atom stereocenters. The van der Waals surface area contributed by atoms with Crippen molar-refractivity contribution in [1.29, 1.82) is 5.26 Å². The molecule has 0 aromatic carbocycles. The number of carbonyl (C=O) groups excluding carboxylic acids is 2. The first-order valence-electron chi connectivity index (χ1n) is 13.5. The number of hydrogen-bond donors (Lipinski definition) is 1. The van der Waals surface area contributed by atoms with E-state index in [2.05, 4.69) is 60.4 Å². The minimum absolute atomic E-state index is 0.0664. The fourth-order valence-corrected chi connectivity index (χ4v) is 6.26. The Morgan fingerprint density at radius 1 is 1.29 bits per heavy atom. The summed E-state index contributed by atoms with van der Waals surface area (Å²) in [5.41, 5.74) is 1.35. The fraction of sp³-hybridized carbons (Fsp3) is 0.633. The van der Waals surface area contributed by atoms with Crippen molar-refractivity contribution in [2.75, 3.05) is 7.05 Å². The van der Waals surface area contributed by atoms with Gasteiger partial charge in [-0.05, 0) is 81.1 Å². The Balaban J connectivity index is 1.25. The lowest BCUT2D eigenvalue weighted by molar-refractivity contribution is -0.143. The van der Waals surface area contributed by atoms with Crippen LogP contribution in [0.15, 0.2) is 24.4 Å². The van der Waals surface area contributed by atoms with E-state index in [1.54, 1.807) is 0 Å².